The zero-order valence-corrected chi connectivity index (χ0v) is 11.6. The third-order valence-electron chi connectivity index (χ3n) is 2.75. The Balaban J connectivity index is 2.67. The molecular weight excluding hydrogens is 240 g/mol. The Morgan fingerprint density at radius 1 is 1.35 bits per heavy atom. The maximum atomic E-state index is 11.6. The van der Waals surface area contributed by atoms with Gasteiger partial charge in [0.25, 0.3) is 0 Å². The molecule has 0 fully saturated rings. The van der Waals surface area contributed by atoms with Crippen LogP contribution in [0.4, 0.5) is 0 Å². The van der Waals surface area contributed by atoms with Crippen molar-refractivity contribution in [1.82, 2.24) is 19.8 Å². The van der Waals surface area contributed by atoms with Crippen molar-refractivity contribution in [2.75, 3.05) is 19.3 Å². The lowest BCUT2D eigenvalue weighted by Crippen LogP contribution is -2.30. The Bertz CT molecular complexity index is 479. The van der Waals surface area contributed by atoms with Crippen molar-refractivity contribution >= 4 is 10.0 Å². The molecule has 1 rings (SSSR count). The summed E-state index contributed by atoms with van der Waals surface area (Å²) in [5.74, 6) is 0.0852. The Hall–Kier alpha value is -0.920. The van der Waals surface area contributed by atoms with Gasteiger partial charge in [0.2, 0.25) is 10.0 Å². The molecule has 17 heavy (non-hydrogen) atoms. The number of aryl methyl sites for hydroxylation is 2. The highest BCUT2D eigenvalue weighted by atomic mass is 32.2. The van der Waals surface area contributed by atoms with Crippen LogP contribution in [-0.4, -0.2) is 37.5 Å². The summed E-state index contributed by atoms with van der Waals surface area (Å²) in [5.41, 5.74) is 2.79. The van der Waals surface area contributed by atoms with Gasteiger partial charge < -0.3 is 5.32 Å². The van der Waals surface area contributed by atoms with Crippen molar-refractivity contribution < 1.29 is 8.42 Å². The highest BCUT2D eigenvalue weighted by Gasteiger charge is 2.13. The molecule has 0 saturated heterocycles. The first kappa shape index (κ1) is 14.1. The second kappa shape index (κ2) is 5.61. The van der Waals surface area contributed by atoms with Crippen LogP contribution in [-0.2, 0) is 23.6 Å². The van der Waals surface area contributed by atoms with Gasteiger partial charge in [-0.1, -0.05) is 0 Å². The predicted molar refractivity (Wildman–Crippen MR) is 67.2 cm³/mol. The standard InChI is InChI=1S/C10H20N4O2S/c1-8-10(9(2)14(4)13-8)7-12-17(15,16)6-5-11-3/h11-12H,5-7H2,1-4H3. The molecule has 7 heteroatoms. The lowest BCUT2D eigenvalue weighted by molar-refractivity contribution is 0.578. The molecule has 0 aromatic carbocycles. The summed E-state index contributed by atoms with van der Waals surface area (Å²) >= 11 is 0. The molecule has 1 heterocycles. The molecule has 0 aliphatic heterocycles. The highest BCUT2D eigenvalue weighted by molar-refractivity contribution is 7.89. The molecular formula is C10H20N4O2S. The zero-order chi connectivity index (χ0) is 13.1. The van der Waals surface area contributed by atoms with E-state index in [2.05, 4.69) is 15.1 Å². The summed E-state index contributed by atoms with van der Waals surface area (Å²) in [6.07, 6.45) is 0. The smallest absolute Gasteiger partial charge is 0.213 e. The average molecular weight is 260 g/mol. The van der Waals surface area contributed by atoms with E-state index in [-0.39, 0.29) is 5.75 Å². The first-order valence-electron chi connectivity index (χ1n) is 5.48. The SMILES string of the molecule is CNCCS(=O)(=O)NCc1c(C)nn(C)c1C. The van der Waals surface area contributed by atoms with Crippen LogP contribution in [0.1, 0.15) is 17.0 Å². The molecule has 0 aliphatic carbocycles. The summed E-state index contributed by atoms with van der Waals surface area (Å²) in [7, 11) is 0.360. The van der Waals surface area contributed by atoms with Crippen LogP contribution in [0.3, 0.4) is 0 Å². The Morgan fingerprint density at radius 2 is 2.00 bits per heavy atom. The molecule has 0 atom stereocenters. The van der Waals surface area contributed by atoms with Gasteiger partial charge in [-0.05, 0) is 20.9 Å². The van der Waals surface area contributed by atoms with E-state index in [9.17, 15) is 8.42 Å². The molecule has 0 radical (unpaired) electrons. The Labute approximate surface area is 102 Å². The van der Waals surface area contributed by atoms with E-state index in [0.29, 0.717) is 13.1 Å². The summed E-state index contributed by atoms with van der Waals surface area (Å²) in [4.78, 5) is 0. The molecule has 0 aliphatic rings. The third-order valence-corrected chi connectivity index (χ3v) is 4.07. The number of nitrogens with one attached hydrogen (secondary N) is 2. The number of hydrogen-bond acceptors (Lipinski definition) is 4. The van der Waals surface area contributed by atoms with Crippen LogP contribution in [0.25, 0.3) is 0 Å². The number of rotatable bonds is 6. The van der Waals surface area contributed by atoms with Crippen LogP contribution in [0.5, 0.6) is 0 Å². The number of hydrogen-bond donors (Lipinski definition) is 2. The second-order valence-corrected chi connectivity index (χ2v) is 5.94. The minimum absolute atomic E-state index is 0.0852. The van der Waals surface area contributed by atoms with Crippen LogP contribution >= 0.6 is 0 Å². The molecule has 0 unspecified atom stereocenters. The lowest BCUT2D eigenvalue weighted by atomic mass is 10.2. The van der Waals surface area contributed by atoms with Gasteiger partial charge in [-0.3, -0.25) is 4.68 Å². The number of aromatic nitrogens is 2. The van der Waals surface area contributed by atoms with Gasteiger partial charge in [0, 0.05) is 31.4 Å². The molecule has 6 nitrogen and oxygen atoms in total. The zero-order valence-electron chi connectivity index (χ0n) is 10.7. The van der Waals surface area contributed by atoms with Gasteiger partial charge in [0.1, 0.15) is 0 Å². The van der Waals surface area contributed by atoms with E-state index >= 15 is 0 Å². The lowest BCUT2D eigenvalue weighted by Gasteiger charge is -2.06. The van der Waals surface area contributed by atoms with Crippen LogP contribution in [0.2, 0.25) is 0 Å². The topological polar surface area (TPSA) is 76.0 Å². The largest absolute Gasteiger partial charge is 0.319 e. The van der Waals surface area contributed by atoms with Crippen molar-refractivity contribution in [3.63, 3.8) is 0 Å². The second-order valence-electron chi connectivity index (χ2n) is 4.02. The fourth-order valence-corrected chi connectivity index (χ4v) is 2.55. The van der Waals surface area contributed by atoms with Gasteiger partial charge in [-0.25, -0.2) is 13.1 Å². The van der Waals surface area contributed by atoms with E-state index in [4.69, 9.17) is 0 Å². The fourth-order valence-electron chi connectivity index (χ4n) is 1.56. The average Bonchev–Trinajstić information content (AvgIpc) is 2.48. The van der Waals surface area contributed by atoms with Crippen molar-refractivity contribution in [2.24, 2.45) is 7.05 Å². The monoisotopic (exact) mass is 260 g/mol. The predicted octanol–water partition coefficient (Wildman–Crippen LogP) is -0.324. The van der Waals surface area contributed by atoms with E-state index in [0.717, 1.165) is 17.0 Å². The molecule has 0 saturated carbocycles. The Morgan fingerprint density at radius 3 is 2.47 bits per heavy atom. The van der Waals surface area contributed by atoms with E-state index in [1.807, 2.05) is 20.9 Å². The van der Waals surface area contributed by atoms with E-state index < -0.39 is 10.0 Å². The molecule has 1 aromatic heterocycles. The first-order chi connectivity index (χ1) is 7.87. The maximum absolute atomic E-state index is 11.6. The highest BCUT2D eigenvalue weighted by Crippen LogP contribution is 2.11. The summed E-state index contributed by atoms with van der Waals surface area (Å²) in [5, 5.41) is 7.06. The minimum atomic E-state index is -3.22. The van der Waals surface area contributed by atoms with Gasteiger partial charge >= 0.3 is 0 Å². The third kappa shape index (κ3) is 3.79. The summed E-state index contributed by atoms with van der Waals surface area (Å²) in [6.45, 7) is 4.55. The van der Waals surface area contributed by atoms with Gasteiger partial charge in [0.05, 0.1) is 11.4 Å². The summed E-state index contributed by atoms with van der Waals surface area (Å²) < 4.78 is 27.6. The quantitative estimate of drug-likeness (QED) is 0.735. The molecule has 0 bridgehead atoms. The van der Waals surface area contributed by atoms with E-state index in [1.165, 1.54) is 0 Å². The molecule has 0 spiro atoms. The number of sulfonamides is 1. The first-order valence-corrected chi connectivity index (χ1v) is 7.13. The van der Waals surface area contributed by atoms with Crippen LogP contribution in [0.15, 0.2) is 0 Å². The number of nitrogens with zero attached hydrogens (tertiary/aromatic N) is 2. The molecule has 2 N–H and O–H groups in total. The van der Waals surface area contributed by atoms with Crippen LogP contribution in [0, 0.1) is 13.8 Å². The molecule has 98 valence electrons. The Kier molecular flexibility index (Phi) is 4.67. The normalized spacial score (nSPS) is 12.0. The molecule has 0 amide bonds. The van der Waals surface area contributed by atoms with Crippen molar-refractivity contribution in [3.05, 3.63) is 17.0 Å². The van der Waals surface area contributed by atoms with Crippen LogP contribution < -0.4 is 10.0 Å². The van der Waals surface area contributed by atoms with E-state index in [1.54, 1.807) is 11.7 Å². The van der Waals surface area contributed by atoms with Gasteiger partial charge in [-0.15, -0.1) is 0 Å². The maximum Gasteiger partial charge on any atom is 0.213 e. The molecule has 1 aromatic rings. The van der Waals surface area contributed by atoms with Crippen molar-refractivity contribution in [1.29, 1.82) is 0 Å². The van der Waals surface area contributed by atoms with Gasteiger partial charge in [0.15, 0.2) is 0 Å². The summed E-state index contributed by atoms with van der Waals surface area (Å²) in [6, 6.07) is 0. The minimum Gasteiger partial charge on any atom is -0.319 e. The van der Waals surface area contributed by atoms with Gasteiger partial charge in [-0.2, -0.15) is 5.10 Å². The fraction of sp³-hybridized carbons (Fsp3) is 0.700. The van der Waals surface area contributed by atoms with Crippen molar-refractivity contribution in [3.8, 4) is 0 Å². The van der Waals surface area contributed by atoms with Crippen molar-refractivity contribution in [2.45, 2.75) is 20.4 Å².